The number of benzene rings is 1. The number of amides is 2. The summed E-state index contributed by atoms with van der Waals surface area (Å²) in [6.45, 7) is 0.237. The molecule has 1 rings (SSSR count). The fourth-order valence-electron chi connectivity index (χ4n) is 1.16. The molecule has 0 aliphatic heterocycles. The highest BCUT2D eigenvalue weighted by Gasteiger charge is 2.07. The summed E-state index contributed by atoms with van der Waals surface area (Å²) in [4.78, 5) is 22.7. The Labute approximate surface area is 99.1 Å². The summed E-state index contributed by atoms with van der Waals surface area (Å²) >= 11 is 0. The summed E-state index contributed by atoms with van der Waals surface area (Å²) in [6, 6.07) is 6.61. The zero-order valence-electron chi connectivity index (χ0n) is 9.53. The average Bonchev–Trinajstić information content (AvgIpc) is 2.36. The number of methoxy groups -OCH3 is 1. The van der Waals surface area contributed by atoms with Crippen LogP contribution in [0.25, 0.3) is 0 Å². The van der Waals surface area contributed by atoms with Crippen molar-refractivity contribution >= 4 is 11.8 Å². The zero-order chi connectivity index (χ0) is 12.7. The number of ether oxygens (including phenoxy) is 1. The Morgan fingerprint density at radius 2 is 2.12 bits per heavy atom. The van der Waals surface area contributed by atoms with Crippen LogP contribution in [0.4, 0.5) is 0 Å². The van der Waals surface area contributed by atoms with Gasteiger partial charge in [-0.3, -0.25) is 20.4 Å². The summed E-state index contributed by atoms with van der Waals surface area (Å²) in [5.74, 6) is -0.163. The van der Waals surface area contributed by atoms with Crippen LogP contribution in [0.1, 0.15) is 16.8 Å². The minimum Gasteiger partial charge on any atom is -0.497 e. The third kappa shape index (κ3) is 4.12. The van der Waals surface area contributed by atoms with E-state index in [0.29, 0.717) is 11.3 Å². The van der Waals surface area contributed by atoms with Crippen LogP contribution >= 0.6 is 0 Å². The van der Waals surface area contributed by atoms with E-state index in [1.54, 1.807) is 24.3 Å². The summed E-state index contributed by atoms with van der Waals surface area (Å²) in [6.07, 6.45) is 0.165. The Bertz CT molecular complexity index is 407. The van der Waals surface area contributed by atoms with Gasteiger partial charge in [0, 0.05) is 18.5 Å². The molecule has 0 fully saturated rings. The minimum atomic E-state index is -0.408. The van der Waals surface area contributed by atoms with Gasteiger partial charge >= 0.3 is 0 Å². The molecule has 0 spiro atoms. The molecule has 0 aliphatic carbocycles. The largest absolute Gasteiger partial charge is 0.497 e. The van der Waals surface area contributed by atoms with Gasteiger partial charge in [0.25, 0.3) is 5.91 Å². The number of nitrogens with one attached hydrogen (secondary N) is 2. The Morgan fingerprint density at radius 3 is 2.76 bits per heavy atom. The van der Waals surface area contributed by atoms with Crippen molar-refractivity contribution in [3.8, 4) is 5.75 Å². The Kier molecular flexibility index (Phi) is 4.96. The number of hydrogen-bond acceptors (Lipinski definition) is 4. The lowest BCUT2D eigenvalue weighted by Crippen LogP contribution is -2.42. The molecule has 1 aromatic carbocycles. The van der Waals surface area contributed by atoms with E-state index >= 15 is 0 Å². The SMILES string of the molecule is COc1cccc(C(=O)NNC(=O)CCN)c1. The van der Waals surface area contributed by atoms with Gasteiger partial charge in [0.05, 0.1) is 7.11 Å². The lowest BCUT2D eigenvalue weighted by molar-refractivity contribution is -0.121. The maximum absolute atomic E-state index is 11.6. The number of carbonyl (C=O) groups is 2. The number of hydrogen-bond donors (Lipinski definition) is 3. The van der Waals surface area contributed by atoms with Gasteiger partial charge in [0.2, 0.25) is 5.91 Å². The Hall–Kier alpha value is -2.08. The Morgan fingerprint density at radius 1 is 1.35 bits per heavy atom. The highest BCUT2D eigenvalue weighted by molar-refractivity contribution is 5.95. The normalized spacial score (nSPS) is 9.53. The van der Waals surface area contributed by atoms with E-state index in [4.69, 9.17) is 10.5 Å². The van der Waals surface area contributed by atoms with Gasteiger partial charge in [-0.2, -0.15) is 0 Å². The molecule has 0 saturated carbocycles. The number of nitrogens with two attached hydrogens (primary N) is 1. The summed E-state index contributed by atoms with van der Waals surface area (Å²) in [7, 11) is 1.51. The fraction of sp³-hybridized carbons (Fsp3) is 0.273. The van der Waals surface area contributed by atoms with Crippen molar-refractivity contribution in [3.63, 3.8) is 0 Å². The molecule has 0 aliphatic rings. The van der Waals surface area contributed by atoms with E-state index in [1.165, 1.54) is 7.11 Å². The molecule has 92 valence electrons. The van der Waals surface area contributed by atoms with Crippen LogP contribution in [0, 0.1) is 0 Å². The molecule has 17 heavy (non-hydrogen) atoms. The maximum atomic E-state index is 11.6. The quantitative estimate of drug-likeness (QED) is 0.632. The predicted molar refractivity (Wildman–Crippen MR) is 62.3 cm³/mol. The van der Waals surface area contributed by atoms with Crippen LogP contribution < -0.4 is 21.3 Å². The summed E-state index contributed by atoms with van der Waals surface area (Å²) in [5.41, 5.74) is 10.1. The first-order chi connectivity index (χ1) is 8.17. The van der Waals surface area contributed by atoms with Crippen LogP contribution in [0.3, 0.4) is 0 Å². The molecule has 2 amide bonds. The zero-order valence-corrected chi connectivity index (χ0v) is 9.53. The molecule has 0 bridgehead atoms. The third-order valence-corrected chi connectivity index (χ3v) is 2.02. The van der Waals surface area contributed by atoms with Crippen molar-refractivity contribution in [2.45, 2.75) is 6.42 Å². The lowest BCUT2D eigenvalue weighted by Gasteiger charge is -2.07. The molecule has 6 heteroatoms. The van der Waals surface area contributed by atoms with Gasteiger partial charge < -0.3 is 10.5 Å². The van der Waals surface area contributed by atoms with Gasteiger partial charge in [0.15, 0.2) is 0 Å². The van der Waals surface area contributed by atoms with E-state index < -0.39 is 5.91 Å². The molecular weight excluding hydrogens is 222 g/mol. The summed E-state index contributed by atoms with van der Waals surface area (Å²) in [5, 5.41) is 0. The van der Waals surface area contributed by atoms with Gasteiger partial charge in [-0.15, -0.1) is 0 Å². The van der Waals surface area contributed by atoms with E-state index in [-0.39, 0.29) is 18.9 Å². The van der Waals surface area contributed by atoms with Gasteiger partial charge in [-0.05, 0) is 18.2 Å². The third-order valence-electron chi connectivity index (χ3n) is 2.02. The van der Waals surface area contributed by atoms with E-state index in [0.717, 1.165) is 0 Å². The standard InChI is InChI=1S/C11H15N3O3/c1-17-9-4-2-3-8(7-9)11(16)14-13-10(15)5-6-12/h2-4,7H,5-6,12H2,1H3,(H,13,15)(H,14,16). The van der Waals surface area contributed by atoms with Crippen LogP contribution in [0.2, 0.25) is 0 Å². The highest BCUT2D eigenvalue weighted by Crippen LogP contribution is 2.11. The van der Waals surface area contributed by atoms with Crippen molar-refractivity contribution in [3.05, 3.63) is 29.8 Å². The first-order valence-electron chi connectivity index (χ1n) is 5.10. The van der Waals surface area contributed by atoms with Gasteiger partial charge in [0.1, 0.15) is 5.75 Å². The maximum Gasteiger partial charge on any atom is 0.269 e. The van der Waals surface area contributed by atoms with E-state index in [9.17, 15) is 9.59 Å². The number of rotatable bonds is 4. The van der Waals surface area contributed by atoms with Crippen molar-refractivity contribution in [1.82, 2.24) is 10.9 Å². The molecule has 6 nitrogen and oxygen atoms in total. The first kappa shape index (κ1) is 13.0. The monoisotopic (exact) mass is 237 g/mol. The van der Waals surface area contributed by atoms with Crippen molar-refractivity contribution in [2.75, 3.05) is 13.7 Å². The second kappa shape index (κ2) is 6.49. The van der Waals surface area contributed by atoms with Crippen LogP contribution in [-0.4, -0.2) is 25.5 Å². The molecule has 0 radical (unpaired) electrons. The van der Waals surface area contributed by atoms with Gasteiger partial charge in [-0.25, -0.2) is 0 Å². The van der Waals surface area contributed by atoms with E-state index in [1.807, 2.05) is 0 Å². The molecule has 0 heterocycles. The Balaban J connectivity index is 2.54. The molecule has 0 saturated heterocycles. The number of hydrazine groups is 1. The number of carbonyl (C=O) groups excluding carboxylic acids is 2. The fourth-order valence-corrected chi connectivity index (χ4v) is 1.16. The first-order valence-corrected chi connectivity index (χ1v) is 5.10. The molecule has 1 aromatic rings. The molecule has 0 unspecified atom stereocenters. The average molecular weight is 237 g/mol. The summed E-state index contributed by atoms with van der Waals surface area (Å²) < 4.78 is 4.99. The van der Waals surface area contributed by atoms with Crippen LogP contribution in [0.5, 0.6) is 5.75 Å². The predicted octanol–water partition coefficient (Wildman–Crippen LogP) is -0.195. The van der Waals surface area contributed by atoms with Crippen molar-refractivity contribution < 1.29 is 14.3 Å². The van der Waals surface area contributed by atoms with E-state index in [2.05, 4.69) is 10.9 Å². The molecule has 4 N–H and O–H groups in total. The van der Waals surface area contributed by atoms with Crippen LogP contribution in [-0.2, 0) is 4.79 Å². The lowest BCUT2D eigenvalue weighted by atomic mass is 10.2. The second-order valence-corrected chi connectivity index (χ2v) is 3.27. The smallest absolute Gasteiger partial charge is 0.269 e. The van der Waals surface area contributed by atoms with Crippen molar-refractivity contribution in [2.24, 2.45) is 5.73 Å². The van der Waals surface area contributed by atoms with Crippen molar-refractivity contribution in [1.29, 1.82) is 0 Å². The minimum absolute atomic E-state index is 0.165. The topological polar surface area (TPSA) is 93.5 Å². The molecular formula is C11H15N3O3. The molecule has 0 aromatic heterocycles. The second-order valence-electron chi connectivity index (χ2n) is 3.27. The van der Waals surface area contributed by atoms with Gasteiger partial charge in [-0.1, -0.05) is 6.07 Å². The van der Waals surface area contributed by atoms with Crippen LogP contribution in [0.15, 0.2) is 24.3 Å². The molecule has 0 atom stereocenters. The highest BCUT2D eigenvalue weighted by atomic mass is 16.5.